The Kier molecular flexibility index (Phi) is 6.88. The Bertz CT molecular complexity index is 1810. The summed E-state index contributed by atoms with van der Waals surface area (Å²) in [4.78, 5) is 18.9. The quantitative estimate of drug-likeness (QED) is 0.226. The number of nitrogens with zero attached hydrogens (tertiary/aromatic N) is 1. The van der Waals surface area contributed by atoms with Crippen LogP contribution in [0.25, 0.3) is 0 Å². The number of nitrogen functional groups attached to an aromatic ring is 2. The third-order valence-electron chi connectivity index (χ3n) is 7.01. The monoisotopic (exact) mass is 633 g/mol. The van der Waals surface area contributed by atoms with Crippen molar-refractivity contribution in [2.24, 2.45) is 0 Å². The average molecular weight is 634 g/mol. The third kappa shape index (κ3) is 4.91. The van der Waals surface area contributed by atoms with Gasteiger partial charge >= 0.3 is 0 Å². The van der Waals surface area contributed by atoms with Gasteiger partial charge in [0.15, 0.2) is 26.8 Å². The fourth-order valence-electron chi connectivity index (χ4n) is 5.35. The number of benzene rings is 3. The van der Waals surface area contributed by atoms with Crippen molar-refractivity contribution in [3.63, 3.8) is 0 Å². The molecule has 2 aliphatic rings. The van der Waals surface area contributed by atoms with E-state index < -0.39 is 75.5 Å². The Labute approximate surface area is 248 Å². The van der Waals surface area contributed by atoms with Crippen molar-refractivity contribution in [2.45, 2.75) is 61.2 Å². The highest BCUT2D eigenvalue weighted by Gasteiger charge is 2.60. The second kappa shape index (κ2) is 9.64. The van der Waals surface area contributed by atoms with Gasteiger partial charge in [-0.3, -0.25) is 18.7 Å². The van der Waals surface area contributed by atoms with Crippen molar-refractivity contribution in [3.05, 3.63) is 70.8 Å². The molecular formula is C28H31N3O10S2. The highest BCUT2D eigenvalue weighted by atomic mass is 32.2. The Balaban J connectivity index is 1.95. The number of hydrogen-bond donors (Lipinski definition) is 4. The van der Waals surface area contributed by atoms with Crippen LogP contribution in [0.1, 0.15) is 61.7 Å². The van der Waals surface area contributed by atoms with Crippen molar-refractivity contribution in [3.8, 4) is 11.5 Å². The standard InChI is InChI=1S/C28H31N3O10S2/c1-26(2,3)39-14-27(4,5)41-31-25(32)15-8-6-7-9-16(15)28(31)17-10-12-19(29)23(42(33,34)35)21(17)40-22-18(28)11-13-20(30)24(22)43(36,37)38/h6-13H,14,29-30H2,1-5H3,(H,33,34,35)(H,36,37,38). The first-order valence-corrected chi connectivity index (χ1v) is 15.8. The van der Waals surface area contributed by atoms with Crippen LogP contribution in [0.5, 0.6) is 11.5 Å². The summed E-state index contributed by atoms with van der Waals surface area (Å²) in [6.07, 6.45) is 0. The normalized spacial score (nSPS) is 16.1. The summed E-state index contributed by atoms with van der Waals surface area (Å²) in [6.45, 7) is 8.86. The lowest BCUT2D eigenvalue weighted by molar-refractivity contribution is -0.253. The molecule has 13 nitrogen and oxygen atoms in total. The van der Waals surface area contributed by atoms with E-state index in [0.717, 1.165) is 5.06 Å². The van der Waals surface area contributed by atoms with Gasteiger partial charge in [0.05, 0.1) is 23.6 Å². The number of carbonyl (C=O) groups excluding carboxylic acids is 1. The molecule has 43 heavy (non-hydrogen) atoms. The summed E-state index contributed by atoms with van der Waals surface area (Å²) in [5.74, 6) is -1.84. The number of nitrogens with two attached hydrogens (primary N) is 2. The number of hydrogen-bond acceptors (Lipinski definition) is 10. The van der Waals surface area contributed by atoms with Crippen LogP contribution in [0.15, 0.2) is 58.3 Å². The summed E-state index contributed by atoms with van der Waals surface area (Å²) < 4.78 is 83.0. The number of anilines is 2. The highest BCUT2D eigenvalue weighted by Crippen LogP contribution is 2.61. The van der Waals surface area contributed by atoms with Crippen LogP contribution in [0.4, 0.5) is 11.4 Å². The summed E-state index contributed by atoms with van der Waals surface area (Å²) in [6, 6.07) is 11.5. The van der Waals surface area contributed by atoms with Crippen LogP contribution in [0.3, 0.4) is 0 Å². The van der Waals surface area contributed by atoms with E-state index in [1.54, 1.807) is 32.0 Å². The number of hydroxylamine groups is 2. The zero-order valence-corrected chi connectivity index (χ0v) is 25.5. The predicted octanol–water partition coefficient (Wildman–Crippen LogP) is 3.72. The van der Waals surface area contributed by atoms with Crippen LogP contribution in [0.2, 0.25) is 0 Å². The van der Waals surface area contributed by atoms with Crippen LogP contribution >= 0.6 is 0 Å². The Morgan fingerprint density at radius 3 is 1.77 bits per heavy atom. The van der Waals surface area contributed by atoms with Gasteiger partial charge in [-0.05, 0) is 65.0 Å². The lowest BCUT2D eigenvalue weighted by atomic mass is 9.75. The smallest absolute Gasteiger partial charge is 0.300 e. The maximum absolute atomic E-state index is 14.2. The summed E-state index contributed by atoms with van der Waals surface area (Å²) >= 11 is 0. The van der Waals surface area contributed by atoms with E-state index in [0.29, 0.717) is 0 Å². The maximum atomic E-state index is 14.2. The average Bonchev–Trinajstić information content (AvgIpc) is 3.09. The van der Waals surface area contributed by atoms with Crippen molar-refractivity contribution in [2.75, 3.05) is 18.1 Å². The van der Waals surface area contributed by atoms with Crippen LogP contribution in [0, 0.1) is 0 Å². The molecule has 2 aliphatic heterocycles. The molecular weight excluding hydrogens is 602 g/mol. The molecule has 0 saturated heterocycles. The molecule has 0 unspecified atom stereocenters. The van der Waals surface area contributed by atoms with Crippen LogP contribution < -0.4 is 16.2 Å². The van der Waals surface area contributed by atoms with Crippen LogP contribution in [-0.2, 0) is 35.3 Å². The molecule has 1 amide bonds. The molecule has 0 aromatic heterocycles. The second-order valence-corrected chi connectivity index (χ2v) is 14.6. The zero-order chi connectivity index (χ0) is 31.9. The first-order chi connectivity index (χ1) is 19.7. The molecule has 3 aromatic carbocycles. The SMILES string of the molecule is CC(C)(C)OCC(C)(C)ON1C(=O)c2ccccc2C12c1ccc(N)c(S(=O)(=O)O)c1Oc1c2ccc(N)c1S(=O)(=O)O. The third-order valence-corrected chi connectivity index (χ3v) is 8.89. The number of rotatable bonds is 6. The van der Waals surface area contributed by atoms with E-state index in [1.807, 2.05) is 20.8 Å². The van der Waals surface area contributed by atoms with Gasteiger partial charge < -0.3 is 20.9 Å². The first kappa shape index (κ1) is 30.7. The summed E-state index contributed by atoms with van der Waals surface area (Å²) in [7, 11) is -10.2. The molecule has 3 aromatic rings. The Hall–Kier alpha value is -3.73. The van der Waals surface area contributed by atoms with Crippen molar-refractivity contribution in [1.29, 1.82) is 0 Å². The summed E-state index contributed by atoms with van der Waals surface area (Å²) in [5.41, 5.74) is 7.76. The first-order valence-electron chi connectivity index (χ1n) is 13.0. The molecule has 2 heterocycles. The number of fused-ring (bicyclic) bond motifs is 6. The number of amides is 1. The largest absolute Gasteiger partial charge is 0.453 e. The lowest BCUT2D eigenvalue weighted by Gasteiger charge is -2.46. The molecule has 0 aliphatic carbocycles. The highest BCUT2D eigenvalue weighted by molar-refractivity contribution is 7.86. The van der Waals surface area contributed by atoms with Gasteiger partial charge in [-0.1, -0.05) is 18.2 Å². The fraction of sp³-hybridized carbons (Fsp3) is 0.321. The van der Waals surface area contributed by atoms with Gasteiger partial charge in [0.1, 0.15) is 5.60 Å². The molecule has 6 N–H and O–H groups in total. The van der Waals surface area contributed by atoms with E-state index in [1.165, 1.54) is 30.3 Å². The molecule has 0 bridgehead atoms. The minimum atomic E-state index is -5.11. The van der Waals surface area contributed by atoms with E-state index in [9.17, 15) is 30.7 Å². The van der Waals surface area contributed by atoms with E-state index in [2.05, 4.69) is 0 Å². The topological polar surface area (TPSA) is 209 Å². The minimum Gasteiger partial charge on any atom is -0.453 e. The molecule has 1 spiro atoms. The van der Waals surface area contributed by atoms with Crippen molar-refractivity contribution < 1.29 is 45.0 Å². The summed E-state index contributed by atoms with van der Waals surface area (Å²) in [5, 5.41) is 0.998. The minimum absolute atomic E-state index is 0.00106. The van der Waals surface area contributed by atoms with E-state index >= 15 is 0 Å². The van der Waals surface area contributed by atoms with Gasteiger partial charge in [-0.2, -0.15) is 21.9 Å². The fourth-order valence-corrected chi connectivity index (χ4v) is 6.85. The molecule has 0 fully saturated rings. The number of ether oxygens (including phenoxy) is 2. The molecule has 0 atom stereocenters. The molecule has 0 radical (unpaired) electrons. The van der Waals surface area contributed by atoms with Gasteiger partial charge in [-0.25, -0.2) is 0 Å². The predicted molar refractivity (Wildman–Crippen MR) is 155 cm³/mol. The second-order valence-electron chi connectivity index (χ2n) is 11.9. The van der Waals surface area contributed by atoms with Gasteiger partial charge in [-0.15, -0.1) is 0 Å². The lowest BCUT2D eigenvalue weighted by Crippen LogP contribution is -2.52. The van der Waals surface area contributed by atoms with Crippen LogP contribution in [-0.4, -0.2) is 54.7 Å². The Morgan fingerprint density at radius 2 is 1.30 bits per heavy atom. The zero-order valence-electron chi connectivity index (χ0n) is 23.9. The molecule has 5 rings (SSSR count). The van der Waals surface area contributed by atoms with Gasteiger partial charge in [0.25, 0.3) is 26.1 Å². The number of carbonyl (C=O) groups is 1. The maximum Gasteiger partial charge on any atom is 0.300 e. The van der Waals surface area contributed by atoms with Gasteiger partial charge in [0, 0.05) is 22.3 Å². The molecule has 0 saturated carbocycles. The molecule has 230 valence electrons. The van der Waals surface area contributed by atoms with E-state index in [4.69, 9.17) is 25.8 Å². The van der Waals surface area contributed by atoms with Crippen molar-refractivity contribution >= 4 is 37.5 Å². The molecule has 15 heteroatoms. The van der Waals surface area contributed by atoms with E-state index in [-0.39, 0.29) is 28.9 Å². The van der Waals surface area contributed by atoms with Crippen molar-refractivity contribution in [1.82, 2.24) is 5.06 Å². The Morgan fingerprint density at radius 1 is 0.814 bits per heavy atom. The van der Waals surface area contributed by atoms with Gasteiger partial charge in [0.2, 0.25) is 0 Å².